The van der Waals surface area contributed by atoms with Crippen molar-refractivity contribution in [2.75, 3.05) is 0 Å². The molecule has 1 fully saturated rings. The lowest BCUT2D eigenvalue weighted by Crippen LogP contribution is -2.26. The van der Waals surface area contributed by atoms with Crippen molar-refractivity contribution in [2.24, 2.45) is 0 Å². The van der Waals surface area contributed by atoms with Gasteiger partial charge < -0.3 is 9.84 Å². The van der Waals surface area contributed by atoms with Gasteiger partial charge in [0.15, 0.2) is 11.4 Å². The van der Waals surface area contributed by atoms with Gasteiger partial charge in [0, 0.05) is 17.2 Å². The minimum atomic E-state index is -0.209. The SMILES string of the molecule is CC(=O)c1cccc(-c2cnc3ccc(OC4CCC(O)CC4)nn23)c1. The van der Waals surface area contributed by atoms with Gasteiger partial charge in [-0.2, -0.15) is 0 Å². The maximum absolute atomic E-state index is 11.7. The quantitative estimate of drug-likeness (QED) is 0.730. The zero-order chi connectivity index (χ0) is 18.1. The highest BCUT2D eigenvalue weighted by Gasteiger charge is 2.21. The fourth-order valence-electron chi connectivity index (χ4n) is 3.35. The predicted molar refractivity (Wildman–Crippen MR) is 97.3 cm³/mol. The minimum absolute atomic E-state index is 0.0251. The predicted octanol–water partition coefficient (Wildman–Crippen LogP) is 3.28. The summed E-state index contributed by atoms with van der Waals surface area (Å²) in [5.74, 6) is 0.568. The first kappa shape index (κ1) is 16.7. The maximum Gasteiger partial charge on any atom is 0.232 e. The topological polar surface area (TPSA) is 76.7 Å². The molecule has 0 spiro atoms. The van der Waals surface area contributed by atoms with Gasteiger partial charge in [-0.25, -0.2) is 9.50 Å². The van der Waals surface area contributed by atoms with Crippen molar-refractivity contribution in [3.63, 3.8) is 0 Å². The molecule has 26 heavy (non-hydrogen) atoms. The van der Waals surface area contributed by atoms with Gasteiger partial charge >= 0.3 is 0 Å². The summed E-state index contributed by atoms with van der Waals surface area (Å²) in [6.07, 6.45) is 4.82. The van der Waals surface area contributed by atoms with E-state index in [1.807, 2.05) is 30.3 Å². The van der Waals surface area contributed by atoms with Crippen LogP contribution in [0.15, 0.2) is 42.6 Å². The van der Waals surface area contributed by atoms with E-state index in [9.17, 15) is 9.90 Å². The fraction of sp³-hybridized carbons (Fsp3) is 0.350. The highest BCUT2D eigenvalue weighted by molar-refractivity contribution is 5.95. The lowest BCUT2D eigenvalue weighted by molar-refractivity contribution is 0.0637. The molecule has 1 aliphatic rings. The van der Waals surface area contributed by atoms with Crippen molar-refractivity contribution < 1.29 is 14.6 Å². The van der Waals surface area contributed by atoms with Gasteiger partial charge in [0.05, 0.1) is 18.0 Å². The molecule has 0 amide bonds. The molecule has 0 radical (unpaired) electrons. The number of aromatic nitrogens is 3. The summed E-state index contributed by atoms with van der Waals surface area (Å²) in [5.41, 5.74) is 3.08. The van der Waals surface area contributed by atoms with E-state index in [0.717, 1.165) is 42.6 Å². The van der Waals surface area contributed by atoms with Crippen LogP contribution < -0.4 is 4.74 Å². The highest BCUT2D eigenvalue weighted by Crippen LogP contribution is 2.25. The van der Waals surface area contributed by atoms with Gasteiger partial charge in [-0.05, 0) is 44.7 Å². The molecule has 1 N–H and O–H groups in total. The minimum Gasteiger partial charge on any atom is -0.473 e. The third kappa shape index (κ3) is 3.32. The Morgan fingerprint density at radius 1 is 1.19 bits per heavy atom. The maximum atomic E-state index is 11.7. The molecular weight excluding hydrogens is 330 g/mol. The molecule has 1 saturated carbocycles. The van der Waals surface area contributed by atoms with Crippen LogP contribution in [-0.4, -0.2) is 37.7 Å². The number of aliphatic hydroxyl groups excluding tert-OH is 1. The number of imidazole rings is 1. The molecule has 2 aromatic heterocycles. The van der Waals surface area contributed by atoms with Gasteiger partial charge in [-0.1, -0.05) is 18.2 Å². The van der Waals surface area contributed by atoms with Crippen molar-refractivity contribution in [3.8, 4) is 17.1 Å². The lowest BCUT2D eigenvalue weighted by atomic mass is 9.95. The van der Waals surface area contributed by atoms with Gasteiger partial charge in [-0.3, -0.25) is 4.79 Å². The Hall–Kier alpha value is -2.73. The van der Waals surface area contributed by atoms with E-state index in [4.69, 9.17) is 4.74 Å². The van der Waals surface area contributed by atoms with E-state index in [0.29, 0.717) is 11.4 Å². The van der Waals surface area contributed by atoms with Crippen LogP contribution in [0.25, 0.3) is 16.9 Å². The van der Waals surface area contributed by atoms with E-state index in [1.165, 1.54) is 0 Å². The Labute approximate surface area is 151 Å². The van der Waals surface area contributed by atoms with Gasteiger partial charge in [0.1, 0.15) is 6.10 Å². The van der Waals surface area contributed by atoms with Crippen LogP contribution >= 0.6 is 0 Å². The molecule has 0 unspecified atom stereocenters. The number of ketones is 1. The van der Waals surface area contributed by atoms with E-state index < -0.39 is 0 Å². The first-order chi connectivity index (χ1) is 12.6. The molecule has 134 valence electrons. The lowest BCUT2D eigenvalue weighted by Gasteiger charge is -2.25. The molecule has 6 heteroatoms. The van der Waals surface area contributed by atoms with Gasteiger partial charge in [0.2, 0.25) is 5.88 Å². The van der Waals surface area contributed by atoms with Gasteiger partial charge in [0.25, 0.3) is 0 Å². The summed E-state index contributed by atoms with van der Waals surface area (Å²) in [4.78, 5) is 16.0. The standard InChI is InChI=1S/C20H21N3O3/c1-13(24)14-3-2-4-15(11-14)18-12-21-19-9-10-20(22-23(18)19)26-17-7-5-16(25)6-8-17/h2-4,9-12,16-17,25H,5-8H2,1H3. The summed E-state index contributed by atoms with van der Waals surface area (Å²) >= 11 is 0. The Morgan fingerprint density at radius 2 is 2.00 bits per heavy atom. The number of aliphatic hydroxyl groups is 1. The molecular formula is C20H21N3O3. The Morgan fingerprint density at radius 3 is 2.77 bits per heavy atom. The smallest absolute Gasteiger partial charge is 0.232 e. The number of benzene rings is 1. The van der Waals surface area contributed by atoms with Crippen LogP contribution in [0, 0.1) is 0 Å². The first-order valence-corrected chi connectivity index (χ1v) is 8.91. The molecule has 0 saturated heterocycles. The third-order valence-electron chi connectivity index (χ3n) is 4.83. The summed E-state index contributed by atoms with van der Waals surface area (Å²) < 4.78 is 7.75. The number of fused-ring (bicyclic) bond motifs is 1. The largest absolute Gasteiger partial charge is 0.473 e. The highest BCUT2D eigenvalue weighted by atomic mass is 16.5. The Bertz CT molecular complexity index is 942. The molecule has 0 bridgehead atoms. The molecule has 6 nitrogen and oxygen atoms in total. The molecule has 0 atom stereocenters. The summed E-state index contributed by atoms with van der Waals surface area (Å²) in [6, 6.07) is 11.1. The van der Waals surface area contributed by atoms with Crippen LogP contribution in [0.3, 0.4) is 0 Å². The molecule has 3 aromatic rings. The van der Waals surface area contributed by atoms with Crippen LogP contribution in [0.5, 0.6) is 5.88 Å². The average molecular weight is 351 g/mol. The number of carbonyl (C=O) groups is 1. The number of nitrogens with zero attached hydrogens (tertiary/aromatic N) is 3. The number of ether oxygens (including phenoxy) is 1. The average Bonchev–Trinajstić information content (AvgIpc) is 3.07. The Balaban J connectivity index is 1.64. The van der Waals surface area contributed by atoms with Crippen molar-refractivity contribution >= 4 is 11.4 Å². The van der Waals surface area contributed by atoms with Crippen molar-refractivity contribution in [1.82, 2.24) is 14.6 Å². The fourth-order valence-corrected chi connectivity index (χ4v) is 3.35. The monoisotopic (exact) mass is 351 g/mol. The number of rotatable bonds is 4. The molecule has 1 aromatic carbocycles. The van der Waals surface area contributed by atoms with E-state index in [2.05, 4.69) is 10.1 Å². The van der Waals surface area contributed by atoms with Gasteiger partial charge in [-0.15, -0.1) is 5.10 Å². The second kappa shape index (κ2) is 6.88. The number of carbonyl (C=O) groups excluding carboxylic acids is 1. The Kier molecular flexibility index (Phi) is 4.42. The second-order valence-electron chi connectivity index (χ2n) is 6.77. The molecule has 2 heterocycles. The van der Waals surface area contributed by atoms with E-state index in [1.54, 1.807) is 23.7 Å². The summed E-state index contributed by atoms with van der Waals surface area (Å²) in [7, 11) is 0. The molecule has 0 aliphatic heterocycles. The molecule has 4 rings (SSSR count). The zero-order valence-corrected chi connectivity index (χ0v) is 14.6. The van der Waals surface area contributed by atoms with Crippen LogP contribution in [0.1, 0.15) is 43.0 Å². The number of Topliss-reactive ketones (excluding diaryl/α,β-unsaturated/α-hetero) is 1. The first-order valence-electron chi connectivity index (χ1n) is 8.91. The van der Waals surface area contributed by atoms with Crippen LogP contribution in [0.4, 0.5) is 0 Å². The van der Waals surface area contributed by atoms with Crippen LogP contribution in [-0.2, 0) is 0 Å². The van der Waals surface area contributed by atoms with E-state index in [-0.39, 0.29) is 18.0 Å². The zero-order valence-electron chi connectivity index (χ0n) is 14.6. The second-order valence-corrected chi connectivity index (χ2v) is 6.77. The molecule has 1 aliphatic carbocycles. The number of hydrogen-bond donors (Lipinski definition) is 1. The number of hydrogen-bond acceptors (Lipinski definition) is 5. The third-order valence-corrected chi connectivity index (χ3v) is 4.83. The van der Waals surface area contributed by atoms with Crippen molar-refractivity contribution in [2.45, 2.75) is 44.8 Å². The summed E-state index contributed by atoms with van der Waals surface area (Å²) in [6.45, 7) is 1.55. The normalized spacial score (nSPS) is 20.2. The van der Waals surface area contributed by atoms with Crippen LogP contribution in [0.2, 0.25) is 0 Å². The van der Waals surface area contributed by atoms with Crippen molar-refractivity contribution in [1.29, 1.82) is 0 Å². The summed E-state index contributed by atoms with van der Waals surface area (Å²) in [5, 5.41) is 14.2. The van der Waals surface area contributed by atoms with Crippen molar-refractivity contribution in [3.05, 3.63) is 48.2 Å². The van der Waals surface area contributed by atoms with E-state index >= 15 is 0 Å².